The van der Waals surface area contributed by atoms with E-state index in [1.165, 1.54) is 27.8 Å². The Morgan fingerprint density at radius 1 is 0.519 bits per heavy atom. The van der Waals surface area contributed by atoms with Gasteiger partial charge in [-0.25, -0.2) is 0 Å². The predicted octanol–water partition coefficient (Wildman–Crippen LogP) is 6.65. The van der Waals surface area contributed by atoms with E-state index in [2.05, 4.69) is 115 Å². The highest BCUT2D eigenvalue weighted by Gasteiger charge is 2.34. The van der Waals surface area contributed by atoms with E-state index in [1.54, 1.807) is 0 Å². The Labute approximate surface area is 160 Å². The molecule has 0 saturated carbocycles. The Bertz CT molecular complexity index is 1010. The second-order valence-electron chi connectivity index (χ2n) is 7.05. The Hall–Kier alpha value is -3.32. The highest BCUT2D eigenvalue weighted by Crippen LogP contribution is 2.50. The summed E-state index contributed by atoms with van der Waals surface area (Å²) in [4.78, 5) is 0. The van der Waals surface area contributed by atoms with Crippen LogP contribution in [0.4, 0.5) is 5.69 Å². The van der Waals surface area contributed by atoms with Gasteiger partial charge in [0.15, 0.2) is 0 Å². The molecule has 0 heterocycles. The van der Waals surface area contributed by atoms with E-state index in [-0.39, 0.29) is 12.0 Å². The van der Waals surface area contributed by atoms with Crippen LogP contribution in [0.15, 0.2) is 109 Å². The van der Waals surface area contributed by atoms with Crippen molar-refractivity contribution in [3.63, 3.8) is 0 Å². The van der Waals surface area contributed by atoms with Crippen LogP contribution in [-0.2, 0) is 0 Å². The molecular weight excluding hydrogens is 326 g/mol. The molecule has 1 aliphatic carbocycles. The minimum Gasteiger partial charge on any atom is -0.377 e. The molecule has 0 radical (unpaired) electrons. The molecule has 0 spiro atoms. The zero-order valence-electron chi connectivity index (χ0n) is 15.0. The molecule has 0 fully saturated rings. The molecule has 0 amide bonds. The topological polar surface area (TPSA) is 12.0 Å². The van der Waals surface area contributed by atoms with Crippen LogP contribution in [-0.4, -0.2) is 0 Å². The number of para-hydroxylation sites is 1. The van der Waals surface area contributed by atoms with Crippen LogP contribution in [0, 0.1) is 0 Å². The van der Waals surface area contributed by atoms with Gasteiger partial charge in [0.1, 0.15) is 0 Å². The van der Waals surface area contributed by atoms with Crippen LogP contribution in [0.3, 0.4) is 0 Å². The maximum Gasteiger partial charge on any atom is 0.0623 e. The first kappa shape index (κ1) is 15.9. The van der Waals surface area contributed by atoms with Gasteiger partial charge in [-0.2, -0.15) is 0 Å². The minimum atomic E-state index is 0.165. The second-order valence-corrected chi connectivity index (χ2v) is 7.05. The fourth-order valence-corrected chi connectivity index (χ4v) is 4.29. The summed E-state index contributed by atoms with van der Waals surface area (Å²) in [5.41, 5.74) is 7.96. The SMILES string of the molecule is c1ccc(NC(c2ccccc2)C2c3ccccc3-c3ccccc32)cc1. The molecular formula is C26H21N. The van der Waals surface area contributed by atoms with Crippen LogP contribution in [0.25, 0.3) is 11.1 Å². The zero-order valence-corrected chi connectivity index (χ0v) is 15.0. The van der Waals surface area contributed by atoms with E-state index in [1.807, 2.05) is 0 Å². The van der Waals surface area contributed by atoms with Gasteiger partial charge in [0.25, 0.3) is 0 Å². The summed E-state index contributed by atoms with van der Waals surface area (Å²) in [7, 11) is 0. The molecule has 1 aliphatic rings. The fraction of sp³-hybridized carbons (Fsp3) is 0.0769. The van der Waals surface area contributed by atoms with Gasteiger partial charge in [0.2, 0.25) is 0 Å². The van der Waals surface area contributed by atoms with E-state index < -0.39 is 0 Å². The molecule has 1 heteroatoms. The quantitative estimate of drug-likeness (QED) is 0.435. The average Bonchev–Trinajstić information content (AvgIpc) is 3.08. The summed E-state index contributed by atoms with van der Waals surface area (Å²) in [6.45, 7) is 0. The normalized spacial score (nSPS) is 13.6. The molecule has 5 rings (SSSR count). The number of benzene rings is 4. The summed E-state index contributed by atoms with van der Waals surface area (Å²) in [5.74, 6) is 0.278. The monoisotopic (exact) mass is 347 g/mol. The molecule has 4 aromatic carbocycles. The van der Waals surface area contributed by atoms with Crippen molar-refractivity contribution in [2.24, 2.45) is 0 Å². The number of fused-ring (bicyclic) bond motifs is 3. The molecule has 1 unspecified atom stereocenters. The maximum absolute atomic E-state index is 3.82. The van der Waals surface area contributed by atoms with E-state index >= 15 is 0 Å². The van der Waals surface area contributed by atoms with Crippen LogP contribution in [0.1, 0.15) is 28.7 Å². The summed E-state index contributed by atoms with van der Waals surface area (Å²) < 4.78 is 0. The number of anilines is 1. The van der Waals surface area contributed by atoms with Gasteiger partial charge < -0.3 is 5.32 Å². The van der Waals surface area contributed by atoms with Crippen molar-refractivity contribution in [3.8, 4) is 11.1 Å². The van der Waals surface area contributed by atoms with E-state index in [0.29, 0.717) is 0 Å². The Morgan fingerprint density at radius 3 is 1.59 bits per heavy atom. The predicted molar refractivity (Wildman–Crippen MR) is 113 cm³/mol. The molecule has 1 atom stereocenters. The third kappa shape index (κ3) is 2.82. The van der Waals surface area contributed by atoms with Gasteiger partial charge in [0, 0.05) is 11.6 Å². The van der Waals surface area contributed by atoms with Crippen molar-refractivity contribution in [3.05, 3.63) is 126 Å². The van der Waals surface area contributed by atoms with E-state index in [9.17, 15) is 0 Å². The van der Waals surface area contributed by atoms with Crippen molar-refractivity contribution >= 4 is 5.69 Å². The molecule has 0 aromatic heterocycles. The average molecular weight is 347 g/mol. The number of rotatable bonds is 4. The molecule has 27 heavy (non-hydrogen) atoms. The first-order valence-electron chi connectivity index (χ1n) is 9.46. The second kappa shape index (κ2) is 6.77. The molecule has 0 bridgehead atoms. The van der Waals surface area contributed by atoms with Crippen LogP contribution in [0.5, 0.6) is 0 Å². The van der Waals surface area contributed by atoms with E-state index in [0.717, 1.165) is 5.69 Å². The maximum atomic E-state index is 3.82. The Balaban J connectivity index is 1.68. The molecule has 4 aromatic rings. The third-order valence-electron chi connectivity index (χ3n) is 5.47. The van der Waals surface area contributed by atoms with Gasteiger partial charge in [0.05, 0.1) is 6.04 Å². The molecule has 1 N–H and O–H groups in total. The number of hydrogen-bond donors (Lipinski definition) is 1. The van der Waals surface area contributed by atoms with Crippen molar-refractivity contribution in [1.82, 2.24) is 0 Å². The van der Waals surface area contributed by atoms with Gasteiger partial charge >= 0.3 is 0 Å². The largest absolute Gasteiger partial charge is 0.377 e. The highest BCUT2D eigenvalue weighted by atomic mass is 14.9. The lowest BCUT2D eigenvalue weighted by molar-refractivity contribution is 0.684. The lowest BCUT2D eigenvalue weighted by Crippen LogP contribution is -2.19. The van der Waals surface area contributed by atoms with Gasteiger partial charge in [-0.15, -0.1) is 0 Å². The first-order valence-corrected chi connectivity index (χ1v) is 9.46. The van der Waals surface area contributed by atoms with Gasteiger partial charge in [-0.1, -0.05) is 97.1 Å². The molecule has 0 aliphatic heterocycles. The molecule has 0 saturated heterocycles. The number of hydrogen-bond acceptors (Lipinski definition) is 1. The van der Waals surface area contributed by atoms with Crippen molar-refractivity contribution < 1.29 is 0 Å². The van der Waals surface area contributed by atoms with Crippen molar-refractivity contribution in [2.75, 3.05) is 5.32 Å². The molecule has 130 valence electrons. The van der Waals surface area contributed by atoms with Gasteiger partial charge in [-0.05, 0) is 39.9 Å². The Morgan fingerprint density at radius 2 is 1.00 bits per heavy atom. The smallest absolute Gasteiger partial charge is 0.0623 e. The van der Waals surface area contributed by atoms with Crippen molar-refractivity contribution in [1.29, 1.82) is 0 Å². The fourth-order valence-electron chi connectivity index (χ4n) is 4.29. The number of nitrogens with one attached hydrogen (secondary N) is 1. The van der Waals surface area contributed by atoms with Crippen LogP contribution < -0.4 is 5.32 Å². The Kier molecular flexibility index (Phi) is 3.99. The first-order chi connectivity index (χ1) is 13.4. The lowest BCUT2D eigenvalue weighted by atomic mass is 9.85. The lowest BCUT2D eigenvalue weighted by Gasteiger charge is -2.28. The van der Waals surface area contributed by atoms with Crippen LogP contribution >= 0.6 is 0 Å². The standard InChI is InChI=1S/C26H21N/c1-3-11-19(12-4-1)26(27-20-13-5-2-6-14-20)25-23-17-9-7-15-21(23)22-16-8-10-18-24(22)25/h1-18,25-27H. The van der Waals surface area contributed by atoms with Crippen molar-refractivity contribution in [2.45, 2.75) is 12.0 Å². The third-order valence-corrected chi connectivity index (χ3v) is 5.47. The minimum absolute atomic E-state index is 0.165. The van der Waals surface area contributed by atoms with E-state index in [4.69, 9.17) is 0 Å². The van der Waals surface area contributed by atoms with Crippen LogP contribution in [0.2, 0.25) is 0 Å². The summed E-state index contributed by atoms with van der Waals surface area (Å²) in [6, 6.07) is 39.1. The molecule has 1 nitrogen and oxygen atoms in total. The zero-order chi connectivity index (χ0) is 18.1. The summed E-state index contributed by atoms with van der Waals surface area (Å²) in [5, 5.41) is 3.82. The summed E-state index contributed by atoms with van der Waals surface area (Å²) in [6.07, 6.45) is 0. The highest BCUT2D eigenvalue weighted by molar-refractivity contribution is 5.79. The van der Waals surface area contributed by atoms with Gasteiger partial charge in [-0.3, -0.25) is 0 Å². The summed E-state index contributed by atoms with van der Waals surface area (Å²) >= 11 is 0.